The minimum Gasteiger partial charge on any atom is -0.493 e. The summed E-state index contributed by atoms with van der Waals surface area (Å²) in [7, 11) is 2.21. The van der Waals surface area contributed by atoms with Crippen LogP contribution in [0.4, 0.5) is 0 Å². The molecule has 1 aliphatic carbocycles. The van der Waals surface area contributed by atoms with Crippen molar-refractivity contribution in [1.29, 1.82) is 0 Å². The zero-order chi connectivity index (χ0) is 22.5. The average Bonchev–Trinajstić information content (AvgIpc) is 2.84. The molecule has 0 spiro atoms. The van der Waals surface area contributed by atoms with E-state index in [0.29, 0.717) is 12.0 Å². The van der Waals surface area contributed by atoms with Gasteiger partial charge in [0.2, 0.25) is 0 Å². The number of likely N-dealkylation sites (N-methyl/N-ethyl adjacent to an activating group) is 1. The monoisotopic (exact) mass is 425 g/mol. The molecule has 0 atom stereocenters. The first-order chi connectivity index (χ1) is 14.6. The Hall–Kier alpha value is -1.58. The summed E-state index contributed by atoms with van der Waals surface area (Å²) in [6, 6.07) is 8.76. The second-order valence-electron chi connectivity index (χ2n) is 11.1. The van der Waals surface area contributed by atoms with Crippen LogP contribution in [-0.4, -0.2) is 37.2 Å². The molecule has 0 N–H and O–H groups in total. The van der Waals surface area contributed by atoms with E-state index in [4.69, 9.17) is 9.47 Å². The van der Waals surface area contributed by atoms with Gasteiger partial charge in [-0.15, -0.1) is 0 Å². The molecule has 31 heavy (non-hydrogen) atoms. The van der Waals surface area contributed by atoms with Gasteiger partial charge < -0.3 is 14.4 Å². The first-order valence-corrected chi connectivity index (χ1v) is 12.1. The number of hydrogen-bond acceptors (Lipinski definition) is 3. The Morgan fingerprint density at radius 3 is 2.58 bits per heavy atom. The Bertz CT molecular complexity index is 797. The molecule has 1 heterocycles. The van der Waals surface area contributed by atoms with Crippen LogP contribution in [0.2, 0.25) is 0 Å². The van der Waals surface area contributed by atoms with Gasteiger partial charge in [0.1, 0.15) is 12.4 Å². The molecule has 1 aliphatic heterocycles. The van der Waals surface area contributed by atoms with Crippen molar-refractivity contribution in [3.8, 4) is 0 Å². The van der Waals surface area contributed by atoms with Gasteiger partial charge >= 0.3 is 0 Å². The number of ether oxygens (including phenoxy) is 2. The molecule has 1 aromatic rings. The van der Waals surface area contributed by atoms with Gasteiger partial charge in [0, 0.05) is 26.1 Å². The van der Waals surface area contributed by atoms with Crippen molar-refractivity contribution in [2.75, 3.05) is 26.7 Å². The highest BCUT2D eigenvalue weighted by Crippen LogP contribution is 2.40. The maximum atomic E-state index is 6.23. The van der Waals surface area contributed by atoms with E-state index in [9.17, 15) is 0 Å². The fraction of sp³-hybridized carbons (Fsp3) is 0.643. The minimum absolute atomic E-state index is 0.130. The Morgan fingerprint density at radius 1 is 1.06 bits per heavy atom. The number of allylic oxidation sites excluding steroid dienone is 3. The fourth-order valence-corrected chi connectivity index (χ4v) is 4.63. The summed E-state index contributed by atoms with van der Waals surface area (Å²) in [6.07, 6.45) is 9.32. The standard InChI is InChI=1S/C28H43NO2/c1-27(2,3)17-19-31-28(4,5)21-29(6)18-11-15-24-23-13-8-7-12-22(23)20-30-26-16-10-9-14-25(24)26/h7-8,12-13,15H,9-11,14,16-21H2,1-6H3. The largest absolute Gasteiger partial charge is 0.493 e. The third-order valence-electron chi connectivity index (χ3n) is 6.31. The third-order valence-corrected chi connectivity index (χ3v) is 6.31. The van der Waals surface area contributed by atoms with Crippen molar-refractivity contribution in [2.24, 2.45) is 5.41 Å². The van der Waals surface area contributed by atoms with E-state index in [1.54, 1.807) is 0 Å². The normalized spacial score (nSPS) is 18.6. The second-order valence-corrected chi connectivity index (χ2v) is 11.1. The van der Waals surface area contributed by atoms with Gasteiger partial charge in [0.05, 0.1) is 5.60 Å². The molecule has 0 unspecified atom stereocenters. The first kappa shape index (κ1) is 24.1. The van der Waals surface area contributed by atoms with Gasteiger partial charge in [-0.2, -0.15) is 0 Å². The van der Waals surface area contributed by atoms with Crippen molar-refractivity contribution >= 4 is 5.57 Å². The van der Waals surface area contributed by atoms with Crippen LogP contribution >= 0.6 is 0 Å². The van der Waals surface area contributed by atoms with Crippen molar-refractivity contribution in [2.45, 2.75) is 85.4 Å². The summed E-state index contributed by atoms with van der Waals surface area (Å²) < 4.78 is 12.5. The van der Waals surface area contributed by atoms with Crippen LogP contribution in [0.15, 0.2) is 41.7 Å². The highest BCUT2D eigenvalue weighted by atomic mass is 16.5. The van der Waals surface area contributed by atoms with Crippen LogP contribution in [0.25, 0.3) is 5.57 Å². The van der Waals surface area contributed by atoms with Crippen LogP contribution in [0, 0.1) is 5.41 Å². The molecule has 0 saturated carbocycles. The predicted molar refractivity (Wildman–Crippen MR) is 131 cm³/mol. The Morgan fingerprint density at radius 2 is 1.81 bits per heavy atom. The maximum Gasteiger partial charge on any atom is 0.113 e. The molecule has 3 rings (SSSR count). The summed E-state index contributed by atoms with van der Waals surface area (Å²) in [5.74, 6) is 1.23. The first-order valence-electron chi connectivity index (χ1n) is 12.1. The van der Waals surface area contributed by atoms with Crippen LogP contribution in [0.1, 0.15) is 84.3 Å². The smallest absolute Gasteiger partial charge is 0.113 e. The van der Waals surface area contributed by atoms with E-state index in [2.05, 4.69) is 76.9 Å². The topological polar surface area (TPSA) is 21.7 Å². The molecule has 0 amide bonds. The van der Waals surface area contributed by atoms with E-state index in [1.807, 2.05) is 0 Å². The van der Waals surface area contributed by atoms with E-state index >= 15 is 0 Å². The van der Waals surface area contributed by atoms with Crippen molar-refractivity contribution < 1.29 is 9.47 Å². The van der Waals surface area contributed by atoms with Crippen LogP contribution in [0.5, 0.6) is 0 Å². The summed E-state index contributed by atoms with van der Waals surface area (Å²) in [6.45, 7) is 14.7. The van der Waals surface area contributed by atoms with Gasteiger partial charge in [-0.1, -0.05) is 51.1 Å². The van der Waals surface area contributed by atoms with Gasteiger partial charge in [0.25, 0.3) is 0 Å². The average molecular weight is 426 g/mol. The quantitative estimate of drug-likeness (QED) is 0.448. The number of benzene rings is 1. The molecule has 172 valence electrons. The summed E-state index contributed by atoms with van der Waals surface area (Å²) in [5, 5.41) is 0. The van der Waals surface area contributed by atoms with Crippen molar-refractivity contribution in [3.05, 3.63) is 52.8 Å². The molecule has 3 heteroatoms. The lowest BCUT2D eigenvalue weighted by atomic mass is 9.87. The lowest BCUT2D eigenvalue weighted by Crippen LogP contribution is -2.39. The molecule has 0 fully saturated rings. The molecule has 0 saturated heterocycles. The van der Waals surface area contributed by atoms with E-state index < -0.39 is 0 Å². The number of nitrogens with zero attached hydrogens (tertiary/aromatic N) is 1. The molecule has 0 aromatic heterocycles. The third kappa shape index (κ3) is 7.22. The van der Waals surface area contributed by atoms with Gasteiger partial charge in [-0.3, -0.25) is 0 Å². The Balaban J connectivity index is 1.63. The lowest BCUT2D eigenvalue weighted by molar-refractivity contribution is -0.0442. The minimum atomic E-state index is -0.130. The molecule has 3 nitrogen and oxygen atoms in total. The van der Waals surface area contributed by atoms with Gasteiger partial charge in [0.15, 0.2) is 0 Å². The Labute approximate surface area is 190 Å². The lowest BCUT2D eigenvalue weighted by Gasteiger charge is -2.31. The molecule has 0 bridgehead atoms. The summed E-state index contributed by atoms with van der Waals surface area (Å²) in [5.41, 5.74) is 5.73. The zero-order valence-electron chi connectivity index (χ0n) is 20.7. The number of hydrogen-bond donors (Lipinski definition) is 0. The van der Waals surface area contributed by atoms with Crippen LogP contribution in [0.3, 0.4) is 0 Å². The molecular formula is C28H43NO2. The van der Waals surface area contributed by atoms with E-state index in [-0.39, 0.29) is 5.60 Å². The van der Waals surface area contributed by atoms with Crippen LogP contribution < -0.4 is 0 Å². The summed E-state index contributed by atoms with van der Waals surface area (Å²) in [4.78, 5) is 2.41. The molecule has 2 aliphatic rings. The molecular weight excluding hydrogens is 382 g/mol. The van der Waals surface area contributed by atoms with Crippen molar-refractivity contribution in [3.63, 3.8) is 0 Å². The predicted octanol–water partition coefficient (Wildman–Crippen LogP) is 6.98. The molecule has 1 aromatic carbocycles. The fourth-order valence-electron chi connectivity index (χ4n) is 4.63. The zero-order valence-corrected chi connectivity index (χ0v) is 20.7. The van der Waals surface area contributed by atoms with Crippen molar-refractivity contribution in [1.82, 2.24) is 4.90 Å². The number of rotatable bonds is 8. The van der Waals surface area contributed by atoms with E-state index in [1.165, 1.54) is 40.9 Å². The van der Waals surface area contributed by atoms with Gasteiger partial charge in [-0.25, -0.2) is 0 Å². The Kier molecular flexibility index (Phi) is 8.04. The second kappa shape index (κ2) is 10.4. The highest BCUT2D eigenvalue weighted by Gasteiger charge is 2.24. The maximum absolute atomic E-state index is 6.23. The number of fused-ring (bicyclic) bond motifs is 1. The summed E-state index contributed by atoms with van der Waals surface area (Å²) >= 11 is 0. The SMILES string of the molecule is CN(CCC=C1C2=C(CCCC2)OCc2ccccc21)CC(C)(C)OCCC(C)(C)C. The molecule has 0 radical (unpaired) electrons. The van der Waals surface area contributed by atoms with E-state index in [0.717, 1.165) is 45.4 Å². The van der Waals surface area contributed by atoms with Gasteiger partial charge in [-0.05, 0) is 80.7 Å². The highest BCUT2D eigenvalue weighted by molar-refractivity contribution is 5.82. The van der Waals surface area contributed by atoms with Crippen LogP contribution in [-0.2, 0) is 16.1 Å².